The highest BCUT2D eigenvalue weighted by Gasteiger charge is 2.33. The van der Waals surface area contributed by atoms with Crippen LogP contribution in [0.15, 0.2) is 6.07 Å². The van der Waals surface area contributed by atoms with Crippen LogP contribution in [0, 0.1) is 23.2 Å². The zero-order chi connectivity index (χ0) is 18.8. The molecular weight excluding hydrogens is 336 g/mol. The van der Waals surface area contributed by atoms with Gasteiger partial charge < -0.3 is 10.1 Å². The lowest BCUT2D eigenvalue weighted by Gasteiger charge is -2.28. The third kappa shape index (κ3) is 4.40. The summed E-state index contributed by atoms with van der Waals surface area (Å²) in [6.45, 7) is 9.13. The van der Waals surface area contributed by atoms with Gasteiger partial charge in [-0.1, -0.05) is 20.8 Å². The molecule has 25 heavy (non-hydrogen) atoms. The number of rotatable bonds is 5. The van der Waals surface area contributed by atoms with Crippen molar-refractivity contribution in [3.8, 4) is 6.07 Å². The van der Waals surface area contributed by atoms with E-state index in [4.69, 9.17) is 4.74 Å². The third-order valence-corrected chi connectivity index (χ3v) is 6.17. The van der Waals surface area contributed by atoms with E-state index in [2.05, 4.69) is 18.3 Å². The van der Waals surface area contributed by atoms with E-state index in [9.17, 15) is 14.9 Å². The molecule has 1 aromatic heterocycles. The Morgan fingerprint density at radius 3 is 2.72 bits per heavy atom. The number of aryl methyl sites for hydroxylation is 1. The number of nitrogens with one attached hydrogen (secondary N) is 1. The van der Waals surface area contributed by atoms with Gasteiger partial charge in [0, 0.05) is 4.88 Å². The van der Waals surface area contributed by atoms with Crippen LogP contribution in [0.5, 0.6) is 0 Å². The second kappa shape index (κ2) is 7.57. The smallest absolute Gasteiger partial charge is 0.349 e. The summed E-state index contributed by atoms with van der Waals surface area (Å²) < 4.78 is 5.32. The second-order valence-corrected chi connectivity index (χ2v) is 8.55. The van der Waals surface area contributed by atoms with Crippen LogP contribution in [0.4, 0.5) is 0 Å². The third-order valence-electron chi connectivity index (χ3n) is 4.95. The molecule has 0 aromatic carbocycles. The van der Waals surface area contributed by atoms with Gasteiger partial charge in [-0.25, -0.2) is 4.79 Å². The minimum absolute atomic E-state index is 0.0599. The molecule has 0 fully saturated rings. The Morgan fingerprint density at radius 1 is 1.44 bits per heavy atom. The first kappa shape index (κ1) is 19.5. The van der Waals surface area contributed by atoms with E-state index < -0.39 is 23.5 Å². The average Bonchev–Trinajstić information content (AvgIpc) is 2.97. The lowest BCUT2D eigenvalue weighted by Crippen LogP contribution is -2.52. The molecule has 6 heteroatoms. The maximum atomic E-state index is 12.4. The fourth-order valence-electron chi connectivity index (χ4n) is 2.74. The summed E-state index contributed by atoms with van der Waals surface area (Å²) in [5.74, 6) is -0.357. The van der Waals surface area contributed by atoms with Gasteiger partial charge in [0.05, 0.1) is 6.07 Å². The minimum Gasteiger partial charge on any atom is -0.448 e. The summed E-state index contributed by atoms with van der Waals surface area (Å²) in [6.07, 6.45) is 2.18. The van der Waals surface area contributed by atoms with Crippen LogP contribution in [-0.2, 0) is 22.4 Å². The summed E-state index contributed by atoms with van der Waals surface area (Å²) in [4.78, 5) is 26.5. The molecule has 1 amide bonds. The number of amides is 1. The number of carbonyl (C=O) groups is 2. The fraction of sp³-hybridized carbons (Fsp3) is 0.632. The van der Waals surface area contributed by atoms with Crippen molar-refractivity contribution in [1.82, 2.24) is 5.32 Å². The van der Waals surface area contributed by atoms with Crippen LogP contribution in [0.2, 0.25) is 0 Å². The first-order valence-electron chi connectivity index (χ1n) is 8.72. The number of hydrogen-bond acceptors (Lipinski definition) is 5. The van der Waals surface area contributed by atoms with Crippen molar-refractivity contribution in [1.29, 1.82) is 5.26 Å². The molecule has 1 aromatic rings. The van der Waals surface area contributed by atoms with Crippen molar-refractivity contribution in [3.05, 3.63) is 21.4 Å². The molecule has 0 aliphatic heterocycles. The highest BCUT2D eigenvalue weighted by atomic mass is 32.1. The van der Waals surface area contributed by atoms with Gasteiger partial charge in [0.1, 0.15) is 10.4 Å². The van der Waals surface area contributed by atoms with Gasteiger partial charge in [-0.15, -0.1) is 11.3 Å². The first-order valence-corrected chi connectivity index (χ1v) is 9.53. The summed E-state index contributed by atoms with van der Waals surface area (Å²) >= 11 is 1.46. The Labute approximate surface area is 153 Å². The van der Waals surface area contributed by atoms with E-state index in [0.717, 1.165) is 19.3 Å². The highest BCUT2D eigenvalue weighted by Crippen LogP contribution is 2.32. The Bertz CT molecular complexity index is 704. The summed E-state index contributed by atoms with van der Waals surface area (Å²) in [5.41, 5.74) is 0.236. The number of carbonyl (C=O) groups excluding carboxylic acids is 2. The molecule has 1 aliphatic rings. The van der Waals surface area contributed by atoms with Crippen LogP contribution in [0.25, 0.3) is 0 Å². The largest absolute Gasteiger partial charge is 0.448 e. The van der Waals surface area contributed by atoms with E-state index >= 15 is 0 Å². The number of ether oxygens (including phenoxy) is 1. The molecule has 136 valence electrons. The van der Waals surface area contributed by atoms with Gasteiger partial charge in [-0.3, -0.25) is 4.79 Å². The van der Waals surface area contributed by atoms with Crippen molar-refractivity contribution in [3.63, 3.8) is 0 Å². The zero-order valence-electron chi connectivity index (χ0n) is 15.5. The predicted octanol–water partition coefficient (Wildman–Crippen LogP) is 3.47. The average molecular weight is 362 g/mol. The maximum Gasteiger partial charge on any atom is 0.349 e. The normalized spacial score (nSPS) is 20.1. The van der Waals surface area contributed by atoms with E-state index in [0.29, 0.717) is 10.8 Å². The van der Waals surface area contributed by atoms with E-state index in [-0.39, 0.29) is 5.92 Å². The SMILES string of the molecule is CC(C)[C@](C)(C#N)NC(=O)[C@@H](C)OC(=O)c1cc2c(s1)CC[C@H](C)C2. The predicted molar refractivity (Wildman–Crippen MR) is 97.4 cm³/mol. The van der Waals surface area contributed by atoms with Crippen molar-refractivity contribution < 1.29 is 14.3 Å². The van der Waals surface area contributed by atoms with Crippen LogP contribution >= 0.6 is 11.3 Å². The number of fused-ring (bicyclic) bond motifs is 1. The summed E-state index contributed by atoms with van der Waals surface area (Å²) in [6, 6.07) is 4.01. The number of hydrogen-bond donors (Lipinski definition) is 1. The number of nitriles is 1. The molecule has 3 atom stereocenters. The van der Waals surface area contributed by atoms with Crippen molar-refractivity contribution >= 4 is 23.2 Å². The van der Waals surface area contributed by atoms with Crippen molar-refractivity contribution in [2.75, 3.05) is 0 Å². The number of esters is 1. The Balaban J connectivity index is 2.01. The topological polar surface area (TPSA) is 79.2 Å². The second-order valence-electron chi connectivity index (χ2n) is 7.41. The van der Waals surface area contributed by atoms with E-state index in [1.165, 1.54) is 28.7 Å². The molecule has 0 unspecified atom stereocenters. The number of nitrogens with zero attached hydrogens (tertiary/aromatic N) is 1. The van der Waals surface area contributed by atoms with E-state index in [1.807, 2.05) is 19.9 Å². The standard InChI is InChI=1S/C19H26N2O3S/c1-11(2)19(5,10-20)21-17(22)13(4)24-18(23)16-9-14-8-12(3)6-7-15(14)25-16/h9,11-13H,6-8H2,1-5H3,(H,21,22)/t12-,13+,19-/m0/s1. The lowest BCUT2D eigenvalue weighted by atomic mass is 9.90. The molecule has 1 N–H and O–H groups in total. The van der Waals surface area contributed by atoms with Crippen LogP contribution < -0.4 is 5.32 Å². The molecule has 0 bridgehead atoms. The fourth-order valence-corrected chi connectivity index (χ4v) is 3.83. The zero-order valence-corrected chi connectivity index (χ0v) is 16.3. The first-order chi connectivity index (χ1) is 11.7. The molecule has 1 aliphatic carbocycles. The molecule has 0 spiro atoms. The van der Waals surface area contributed by atoms with Crippen LogP contribution in [0.1, 0.15) is 61.2 Å². The monoisotopic (exact) mass is 362 g/mol. The molecule has 2 rings (SSSR count). The lowest BCUT2D eigenvalue weighted by molar-refractivity contribution is -0.130. The number of thiophene rings is 1. The van der Waals surface area contributed by atoms with Gasteiger partial charge in [-0.2, -0.15) is 5.26 Å². The van der Waals surface area contributed by atoms with Crippen LogP contribution in [-0.4, -0.2) is 23.5 Å². The summed E-state index contributed by atoms with van der Waals surface area (Å²) in [5, 5.41) is 12.0. The highest BCUT2D eigenvalue weighted by molar-refractivity contribution is 7.14. The van der Waals surface area contributed by atoms with Gasteiger partial charge >= 0.3 is 5.97 Å². The minimum atomic E-state index is -0.990. The van der Waals surface area contributed by atoms with Crippen molar-refractivity contribution in [2.45, 2.75) is 65.5 Å². The quantitative estimate of drug-likeness (QED) is 0.814. The van der Waals surface area contributed by atoms with Crippen LogP contribution in [0.3, 0.4) is 0 Å². The molecular formula is C19H26N2O3S. The van der Waals surface area contributed by atoms with E-state index in [1.54, 1.807) is 6.92 Å². The molecule has 0 saturated heterocycles. The van der Waals surface area contributed by atoms with Gasteiger partial charge in [0.2, 0.25) is 0 Å². The van der Waals surface area contributed by atoms with Gasteiger partial charge in [0.15, 0.2) is 6.10 Å². The molecule has 1 heterocycles. The Hall–Kier alpha value is -1.87. The Kier molecular flexibility index (Phi) is 5.89. The van der Waals surface area contributed by atoms with Gasteiger partial charge in [0.25, 0.3) is 5.91 Å². The molecule has 5 nitrogen and oxygen atoms in total. The van der Waals surface area contributed by atoms with Crippen molar-refractivity contribution in [2.24, 2.45) is 11.8 Å². The maximum absolute atomic E-state index is 12.4. The summed E-state index contributed by atoms with van der Waals surface area (Å²) in [7, 11) is 0. The Morgan fingerprint density at radius 2 is 2.12 bits per heavy atom. The molecule has 0 radical (unpaired) electrons. The molecule has 0 saturated carbocycles. The van der Waals surface area contributed by atoms with Gasteiger partial charge in [-0.05, 0) is 56.6 Å².